The average molecular weight is 510 g/mol. The Balaban J connectivity index is 0.000000514. The van der Waals surface area contributed by atoms with E-state index in [4.69, 9.17) is 18.6 Å². The fourth-order valence-electron chi connectivity index (χ4n) is 4.98. The van der Waals surface area contributed by atoms with Gasteiger partial charge in [-0.2, -0.15) is 4.57 Å². The summed E-state index contributed by atoms with van der Waals surface area (Å²) < 4.78 is 36.4. The Hall–Kier alpha value is -3.84. The van der Waals surface area contributed by atoms with Gasteiger partial charge < -0.3 is 0 Å². The Morgan fingerprint density at radius 3 is 1.68 bits per heavy atom. The average Bonchev–Trinajstić information content (AvgIpc) is 2.92. The summed E-state index contributed by atoms with van der Waals surface area (Å²) in [5.41, 5.74) is 11.8. The van der Waals surface area contributed by atoms with Crippen LogP contribution in [-0.4, -0.2) is 0 Å². The number of benzene rings is 4. The third-order valence-electron chi connectivity index (χ3n) is 6.44. The largest absolute Gasteiger partial charge is 0.223 e. The molecule has 0 bridgehead atoms. The van der Waals surface area contributed by atoms with Gasteiger partial charge in [-0.05, 0) is 47.7 Å². The zero-order valence-corrected chi connectivity index (χ0v) is 20.7. The predicted molar refractivity (Wildman–Crippen MR) is 132 cm³/mol. The fourth-order valence-corrected chi connectivity index (χ4v) is 4.98. The van der Waals surface area contributed by atoms with E-state index in [9.17, 15) is 0 Å². The molecule has 1 aliphatic rings. The molecule has 0 saturated heterocycles. The van der Waals surface area contributed by atoms with Crippen LogP contribution in [0.1, 0.15) is 11.1 Å². The molecule has 0 saturated carbocycles. The molecule has 1 aromatic heterocycles. The first-order valence-electron chi connectivity index (χ1n) is 11.9. The molecule has 6 rings (SSSR count). The number of nitrogens with zero attached hydrogens (tertiary/aromatic N) is 1. The van der Waals surface area contributed by atoms with Gasteiger partial charge >= 0.3 is 0 Å². The minimum atomic E-state index is -4.94. The van der Waals surface area contributed by atoms with Crippen molar-refractivity contribution in [2.75, 3.05) is 0 Å². The molecule has 37 heavy (non-hydrogen) atoms. The molecule has 4 aromatic carbocycles. The van der Waals surface area contributed by atoms with Crippen molar-refractivity contribution < 1.29 is 33.4 Å². The molecule has 0 amide bonds. The van der Waals surface area contributed by atoms with Crippen LogP contribution in [-0.2, 0) is 12.8 Å². The van der Waals surface area contributed by atoms with Crippen LogP contribution in [0.25, 0.3) is 39.3 Å². The first-order chi connectivity index (χ1) is 17.9. The number of fused-ring (bicyclic) bond motifs is 3. The minimum Gasteiger partial charge on any atom is -0.222 e. The van der Waals surface area contributed by atoms with Crippen molar-refractivity contribution in [2.24, 2.45) is 0 Å². The van der Waals surface area contributed by atoms with E-state index in [1.807, 2.05) is 0 Å². The number of pyridine rings is 1. The second kappa shape index (κ2) is 10.6. The van der Waals surface area contributed by atoms with Crippen LogP contribution < -0.4 is 23.2 Å². The van der Waals surface area contributed by atoms with Crippen molar-refractivity contribution in [2.45, 2.75) is 12.8 Å². The summed E-state index contributed by atoms with van der Waals surface area (Å²) in [4.78, 5) is 0. The van der Waals surface area contributed by atoms with Crippen molar-refractivity contribution in [3.63, 3.8) is 0 Å². The van der Waals surface area contributed by atoms with Gasteiger partial charge in [0.2, 0.25) is 17.1 Å². The number of hydrogen-bond donors (Lipinski definition) is 0. The van der Waals surface area contributed by atoms with E-state index in [0.717, 1.165) is 12.8 Å². The number of hydrogen-bond acceptors (Lipinski definition) is 4. The van der Waals surface area contributed by atoms with Gasteiger partial charge in [-0.1, -0.05) is 84.9 Å². The molecule has 5 aromatic rings. The van der Waals surface area contributed by atoms with E-state index < -0.39 is 10.2 Å². The molecule has 1 heterocycles. The molecule has 0 fully saturated rings. The van der Waals surface area contributed by atoms with Crippen molar-refractivity contribution in [1.82, 2.24) is 0 Å². The van der Waals surface area contributed by atoms with Crippen LogP contribution in [0.5, 0.6) is 0 Å². The van der Waals surface area contributed by atoms with Gasteiger partial charge in [0.05, 0.1) is 5.56 Å². The normalized spacial score (nSPS) is 12.1. The Bertz CT molecular complexity index is 1500. The Kier molecular flexibility index (Phi) is 7.15. The molecule has 5 nitrogen and oxygen atoms in total. The lowest BCUT2D eigenvalue weighted by atomic mass is 9.83. The van der Waals surface area contributed by atoms with Gasteiger partial charge in [-0.15, -0.1) is 10.2 Å². The van der Waals surface area contributed by atoms with Crippen molar-refractivity contribution >= 4 is 0 Å². The third-order valence-corrected chi connectivity index (χ3v) is 6.44. The van der Waals surface area contributed by atoms with Gasteiger partial charge in [-0.3, -0.25) is 0 Å². The van der Waals surface area contributed by atoms with Gasteiger partial charge in [0, 0.05) is 29.3 Å². The second-order valence-electron chi connectivity index (χ2n) is 8.71. The molecule has 0 aliphatic heterocycles. The lowest BCUT2D eigenvalue weighted by molar-refractivity contribution is -2.00. The van der Waals surface area contributed by atoms with Crippen LogP contribution >= 0.6 is 0 Å². The van der Waals surface area contributed by atoms with Gasteiger partial charge in [-0.25, -0.2) is 18.6 Å². The maximum Gasteiger partial charge on any atom is 0.223 e. The lowest BCUT2D eigenvalue weighted by Gasteiger charge is -2.22. The third kappa shape index (κ3) is 5.62. The Morgan fingerprint density at radius 2 is 1.05 bits per heavy atom. The minimum absolute atomic E-state index is 1.04. The van der Waals surface area contributed by atoms with Crippen LogP contribution in [0.2, 0.25) is 0 Å². The van der Waals surface area contributed by atoms with Crippen LogP contribution in [0.4, 0.5) is 0 Å². The fraction of sp³-hybridized carbons (Fsp3) is 0.0645. The first-order valence-corrected chi connectivity index (χ1v) is 13.1. The summed E-state index contributed by atoms with van der Waals surface area (Å²) in [6, 6.07) is 43.7. The Morgan fingerprint density at radius 1 is 0.541 bits per heavy atom. The van der Waals surface area contributed by atoms with E-state index >= 15 is 0 Å². The topological polar surface area (TPSA) is 96.1 Å². The highest BCUT2D eigenvalue weighted by Gasteiger charge is 2.33. The van der Waals surface area contributed by atoms with E-state index in [2.05, 4.69) is 126 Å². The summed E-state index contributed by atoms with van der Waals surface area (Å²) in [5, 5.41) is 0. The molecule has 0 N–H and O–H groups in total. The van der Waals surface area contributed by atoms with Crippen LogP contribution in [0, 0.1) is 10.2 Å². The van der Waals surface area contributed by atoms with Crippen LogP contribution in [0.15, 0.2) is 121 Å². The van der Waals surface area contributed by atoms with Gasteiger partial charge in [0.1, 0.15) is 0 Å². The Labute approximate surface area is 217 Å². The quantitative estimate of drug-likeness (QED) is 0.349. The lowest BCUT2D eigenvalue weighted by Crippen LogP contribution is -2.68. The van der Waals surface area contributed by atoms with Gasteiger partial charge in [0.25, 0.3) is 0 Å². The molecule has 1 aliphatic carbocycles. The molecular weight excluding hydrogens is 486 g/mol. The number of aromatic nitrogens is 1. The highest BCUT2D eigenvalue weighted by Crippen LogP contribution is 2.39. The summed E-state index contributed by atoms with van der Waals surface area (Å²) >= 11 is 0. The maximum absolute atomic E-state index is 8.49. The summed E-state index contributed by atoms with van der Waals surface area (Å²) in [6.45, 7) is 0. The van der Waals surface area contributed by atoms with E-state index in [1.54, 1.807) is 0 Å². The summed E-state index contributed by atoms with van der Waals surface area (Å²) in [7, 11) is -4.94. The molecule has 0 spiro atoms. The molecule has 6 heteroatoms. The zero-order chi connectivity index (χ0) is 25.8. The molecule has 0 atom stereocenters. The number of halogens is 1. The van der Waals surface area contributed by atoms with Crippen LogP contribution in [0.3, 0.4) is 0 Å². The highest BCUT2D eigenvalue weighted by molar-refractivity contribution is 5.81. The van der Waals surface area contributed by atoms with E-state index in [0.29, 0.717) is 0 Å². The molecule has 184 valence electrons. The SMILES string of the molecule is [O-][Cl+3]([O-])([O-])[O-].c1ccc(-c2cc(-c3ccccc3)[n+](-c3ccccc3)c3c2CCc2ccccc2-3)cc1. The molecule has 0 unspecified atom stereocenters. The monoisotopic (exact) mass is 509 g/mol. The van der Waals surface area contributed by atoms with E-state index in [-0.39, 0.29) is 0 Å². The number of aryl methyl sites for hydroxylation is 1. The maximum atomic E-state index is 8.49. The standard InChI is InChI=1S/C31H24N.ClHO4/c1-4-12-23(13-5-1)29-22-30(25-15-6-2-7-16-25)32(26-17-8-3-9-18-26)31-27-19-11-10-14-24(27)20-21-28(29)31;2-1(3,4)5/h1-19,22H,20-21H2;(H,2,3,4,5)/q+1;/p-1. The van der Waals surface area contributed by atoms with Crippen molar-refractivity contribution in [1.29, 1.82) is 0 Å². The van der Waals surface area contributed by atoms with Gasteiger partial charge in [0.15, 0.2) is 0 Å². The highest BCUT2D eigenvalue weighted by atomic mass is 35.7. The molecule has 0 radical (unpaired) electrons. The van der Waals surface area contributed by atoms with Crippen molar-refractivity contribution in [3.8, 4) is 39.3 Å². The van der Waals surface area contributed by atoms with E-state index in [1.165, 1.54) is 50.5 Å². The predicted octanol–water partition coefficient (Wildman–Crippen LogP) is 2.31. The first kappa shape index (κ1) is 24.8. The number of rotatable bonds is 3. The second-order valence-corrected chi connectivity index (χ2v) is 9.46. The van der Waals surface area contributed by atoms with Crippen molar-refractivity contribution in [3.05, 3.63) is 132 Å². The number of para-hydroxylation sites is 1. The summed E-state index contributed by atoms with van der Waals surface area (Å²) in [6.07, 6.45) is 2.11. The molecular formula is C31H24ClNO4. The smallest absolute Gasteiger partial charge is 0.222 e. The summed E-state index contributed by atoms with van der Waals surface area (Å²) in [5.74, 6) is 0. The zero-order valence-electron chi connectivity index (χ0n) is 19.9.